The second kappa shape index (κ2) is 4.27. The van der Waals surface area contributed by atoms with Gasteiger partial charge in [0.2, 0.25) is 0 Å². The summed E-state index contributed by atoms with van der Waals surface area (Å²) in [7, 11) is 0. The molecule has 0 heterocycles. The van der Waals surface area contributed by atoms with E-state index in [1.54, 1.807) is 0 Å². The van der Waals surface area contributed by atoms with Crippen LogP contribution in [0.3, 0.4) is 0 Å². The molecule has 1 heteroatoms. The van der Waals surface area contributed by atoms with Gasteiger partial charge in [0.15, 0.2) is 0 Å². The molecule has 1 nitrogen and oxygen atoms in total. The van der Waals surface area contributed by atoms with Gasteiger partial charge in [0.05, 0.1) is 0 Å². The monoisotopic (exact) mass is 169 g/mol. The van der Waals surface area contributed by atoms with E-state index < -0.39 is 0 Å². The van der Waals surface area contributed by atoms with Crippen molar-refractivity contribution in [2.24, 2.45) is 17.1 Å². The topological polar surface area (TPSA) is 26.0 Å². The first-order chi connectivity index (χ1) is 5.72. The summed E-state index contributed by atoms with van der Waals surface area (Å²) in [5.74, 6) is 0.867. The molecule has 1 unspecified atom stereocenters. The molecule has 1 saturated carbocycles. The zero-order chi connectivity index (χ0) is 9.03. The summed E-state index contributed by atoms with van der Waals surface area (Å²) < 4.78 is 0. The fourth-order valence-electron chi connectivity index (χ4n) is 2.50. The second-order valence-electron chi connectivity index (χ2n) is 4.63. The van der Waals surface area contributed by atoms with Crippen LogP contribution in [-0.2, 0) is 0 Å². The Kier molecular flexibility index (Phi) is 3.57. The van der Waals surface area contributed by atoms with E-state index in [0.29, 0.717) is 5.41 Å². The molecule has 1 rings (SSSR count). The van der Waals surface area contributed by atoms with Crippen molar-refractivity contribution in [1.82, 2.24) is 0 Å². The van der Waals surface area contributed by atoms with Crippen molar-refractivity contribution in [1.29, 1.82) is 0 Å². The van der Waals surface area contributed by atoms with Crippen LogP contribution in [0, 0.1) is 11.3 Å². The Morgan fingerprint density at radius 1 is 1.33 bits per heavy atom. The van der Waals surface area contributed by atoms with E-state index in [1.807, 2.05) is 0 Å². The van der Waals surface area contributed by atoms with E-state index in [-0.39, 0.29) is 0 Å². The standard InChI is InChI=1S/C11H23N/c1-3-10(2)8-11(9-12)6-4-5-7-11/h10H,3-9,12H2,1-2H3. The Morgan fingerprint density at radius 2 is 1.92 bits per heavy atom. The molecule has 0 aliphatic heterocycles. The first-order valence-electron chi connectivity index (χ1n) is 5.42. The molecule has 0 radical (unpaired) electrons. The van der Waals surface area contributed by atoms with E-state index >= 15 is 0 Å². The molecule has 72 valence electrons. The predicted molar refractivity (Wildman–Crippen MR) is 54.0 cm³/mol. The van der Waals surface area contributed by atoms with Gasteiger partial charge >= 0.3 is 0 Å². The fraction of sp³-hybridized carbons (Fsp3) is 1.00. The quantitative estimate of drug-likeness (QED) is 0.688. The molecular weight excluding hydrogens is 146 g/mol. The largest absolute Gasteiger partial charge is 0.330 e. The second-order valence-corrected chi connectivity index (χ2v) is 4.63. The summed E-state index contributed by atoms with van der Waals surface area (Å²) in [5.41, 5.74) is 6.41. The van der Waals surface area contributed by atoms with E-state index in [1.165, 1.54) is 38.5 Å². The first kappa shape index (κ1) is 10.0. The Morgan fingerprint density at radius 3 is 2.33 bits per heavy atom. The van der Waals surface area contributed by atoms with Crippen LogP contribution < -0.4 is 5.73 Å². The number of rotatable bonds is 4. The highest BCUT2D eigenvalue weighted by Crippen LogP contribution is 2.42. The summed E-state index contributed by atoms with van der Waals surface area (Å²) in [6, 6.07) is 0. The minimum atomic E-state index is 0.537. The predicted octanol–water partition coefficient (Wildman–Crippen LogP) is 2.94. The maximum atomic E-state index is 5.87. The van der Waals surface area contributed by atoms with Crippen molar-refractivity contribution >= 4 is 0 Å². The molecule has 12 heavy (non-hydrogen) atoms. The fourth-order valence-corrected chi connectivity index (χ4v) is 2.50. The van der Waals surface area contributed by atoms with Crippen molar-refractivity contribution in [3.05, 3.63) is 0 Å². The smallest absolute Gasteiger partial charge is 0.00204 e. The summed E-state index contributed by atoms with van der Waals surface area (Å²) in [6.07, 6.45) is 8.25. The van der Waals surface area contributed by atoms with Crippen LogP contribution in [-0.4, -0.2) is 6.54 Å². The van der Waals surface area contributed by atoms with Crippen molar-refractivity contribution in [3.8, 4) is 0 Å². The normalized spacial score (nSPS) is 24.2. The molecule has 0 aromatic carbocycles. The highest BCUT2D eigenvalue weighted by atomic mass is 14.6. The van der Waals surface area contributed by atoms with Crippen molar-refractivity contribution in [2.75, 3.05) is 6.54 Å². The summed E-state index contributed by atoms with van der Waals surface area (Å²) in [5, 5.41) is 0. The molecule has 0 spiro atoms. The van der Waals surface area contributed by atoms with Crippen molar-refractivity contribution in [3.63, 3.8) is 0 Å². The van der Waals surface area contributed by atoms with E-state index in [4.69, 9.17) is 5.73 Å². The minimum Gasteiger partial charge on any atom is -0.330 e. The highest BCUT2D eigenvalue weighted by molar-refractivity contribution is 4.86. The molecule has 0 amide bonds. The lowest BCUT2D eigenvalue weighted by Gasteiger charge is -2.30. The molecule has 0 aromatic rings. The Bertz CT molecular complexity index is 125. The van der Waals surface area contributed by atoms with E-state index in [9.17, 15) is 0 Å². The number of hydrogen-bond acceptors (Lipinski definition) is 1. The van der Waals surface area contributed by atoms with Crippen LogP contribution in [0.25, 0.3) is 0 Å². The highest BCUT2D eigenvalue weighted by Gasteiger charge is 2.33. The molecule has 2 N–H and O–H groups in total. The molecule has 0 aromatic heterocycles. The molecule has 1 fully saturated rings. The Balaban J connectivity index is 2.43. The summed E-state index contributed by atoms with van der Waals surface area (Å²) >= 11 is 0. The maximum absolute atomic E-state index is 5.87. The number of nitrogens with two attached hydrogens (primary N) is 1. The van der Waals surface area contributed by atoms with Gasteiger partial charge in [-0.2, -0.15) is 0 Å². The van der Waals surface area contributed by atoms with Crippen molar-refractivity contribution < 1.29 is 0 Å². The first-order valence-corrected chi connectivity index (χ1v) is 5.42. The van der Waals surface area contributed by atoms with E-state index in [0.717, 1.165) is 12.5 Å². The Hall–Kier alpha value is -0.0400. The van der Waals surface area contributed by atoms with Crippen LogP contribution in [0.5, 0.6) is 0 Å². The lowest BCUT2D eigenvalue weighted by atomic mass is 9.77. The third-order valence-electron chi connectivity index (χ3n) is 3.58. The zero-order valence-electron chi connectivity index (χ0n) is 8.60. The molecule has 1 aliphatic carbocycles. The maximum Gasteiger partial charge on any atom is -0.00204 e. The van der Waals surface area contributed by atoms with Gasteiger partial charge in [-0.05, 0) is 37.1 Å². The molecule has 0 saturated heterocycles. The van der Waals surface area contributed by atoms with E-state index in [2.05, 4.69) is 13.8 Å². The van der Waals surface area contributed by atoms with Gasteiger partial charge in [-0.1, -0.05) is 33.1 Å². The van der Waals surface area contributed by atoms with Gasteiger partial charge < -0.3 is 5.73 Å². The average molecular weight is 169 g/mol. The van der Waals surface area contributed by atoms with Crippen LogP contribution >= 0.6 is 0 Å². The van der Waals surface area contributed by atoms with Crippen LogP contribution in [0.4, 0.5) is 0 Å². The van der Waals surface area contributed by atoms with Gasteiger partial charge in [-0.25, -0.2) is 0 Å². The van der Waals surface area contributed by atoms with Crippen molar-refractivity contribution in [2.45, 2.75) is 52.4 Å². The molecule has 1 aliphatic rings. The summed E-state index contributed by atoms with van der Waals surface area (Å²) in [6.45, 7) is 5.55. The number of hydrogen-bond donors (Lipinski definition) is 1. The van der Waals surface area contributed by atoms with Gasteiger partial charge in [0, 0.05) is 0 Å². The zero-order valence-corrected chi connectivity index (χ0v) is 8.60. The van der Waals surface area contributed by atoms with Gasteiger partial charge in [-0.3, -0.25) is 0 Å². The minimum absolute atomic E-state index is 0.537. The molecular formula is C11H23N. The molecule has 1 atom stereocenters. The van der Waals surface area contributed by atoms with Crippen LogP contribution in [0.15, 0.2) is 0 Å². The van der Waals surface area contributed by atoms with Crippen LogP contribution in [0.1, 0.15) is 52.4 Å². The lowest BCUT2D eigenvalue weighted by Crippen LogP contribution is -2.29. The van der Waals surface area contributed by atoms with Gasteiger partial charge in [0.25, 0.3) is 0 Å². The third-order valence-corrected chi connectivity index (χ3v) is 3.58. The summed E-state index contributed by atoms with van der Waals surface area (Å²) in [4.78, 5) is 0. The van der Waals surface area contributed by atoms with Gasteiger partial charge in [0.1, 0.15) is 0 Å². The molecule has 0 bridgehead atoms. The lowest BCUT2D eigenvalue weighted by molar-refractivity contribution is 0.233. The average Bonchev–Trinajstić information content (AvgIpc) is 2.54. The van der Waals surface area contributed by atoms with Crippen LogP contribution in [0.2, 0.25) is 0 Å². The SMILES string of the molecule is CCC(C)CC1(CN)CCCC1. The van der Waals surface area contributed by atoms with Gasteiger partial charge in [-0.15, -0.1) is 0 Å². The Labute approximate surface area is 76.7 Å². The third kappa shape index (κ3) is 2.22.